The van der Waals surface area contributed by atoms with E-state index in [0.717, 1.165) is 12.0 Å². The molecule has 90 valence electrons. The first-order valence-electron chi connectivity index (χ1n) is 5.33. The SMILES string of the molecule is CCc1c(N)ncnc1NCc1noc(C)n1. The third-order valence-electron chi connectivity index (χ3n) is 2.32. The summed E-state index contributed by atoms with van der Waals surface area (Å²) in [5, 5.41) is 6.90. The first kappa shape index (κ1) is 11.3. The lowest BCUT2D eigenvalue weighted by Gasteiger charge is -2.09. The van der Waals surface area contributed by atoms with Gasteiger partial charge in [-0.3, -0.25) is 0 Å². The highest BCUT2D eigenvalue weighted by Crippen LogP contribution is 2.17. The van der Waals surface area contributed by atoms with Gasteiger partial charge in [0.05, 0.1) is 6.54 Å². The second kappa shape index (κ2) is 4.77. The highest BCUT2D eigenvalue weighted by molar-refractivity contribution is 5.54. The summed E-state index contributed by atoms with van der Waals surface area (Å²) in [5.74, 6) is 2.33. The molecule has 2 aromatic rings. The molecule has 0 aromatic carbocycles. The quantitative estimate of drug-likeness (QED) is 0.810. The Labute approximate surface area is 98.5 Å². The van der Waals surface area contributed by atoms with Gasteiger partial charge in [0.15, 0.2) is 5.82 Å². The van der Waals surface area contributed by atoms with Gasteiger partial charge in [-0.1, -0.05) is 12.1 Å². The molecule has 0 aliphatic carbocycles. The molecule has 7 heteroatoms. The van der Waals surface area contributed by atoms with Gasteiger partial charge >= 0.3 is 0 Å². The van der Waals surface area contributed by atoms with E-state index >= 15 is 0 Å². The van der Waals surface area contributed by atoms with Crippen LogP contribution >= 0.6 is 0 Å². The Morgan fingerprint density at radius 3 is 2.88 bits per heavy atom. The second-order valence-corrected chi connectivity index (χ2v) is 3.52. The van der Waals surface area contributed by atoms with Crippen LogP contribution in [0.15, 0.2) is 10.9 Å². The van der Waals surface area contributed by atoms with Crippen LogP contribution in [0, 0.1) is 6.92 Å². The predicted molar refractivity (Wildman–Crippen MR) is 62.2 cm³/mol. The molecule has 0 fully saturated rings. The van der Waals surface area contributed by atoms with E-state index < -0.39 is 0 Å². The fraction of sp³-hybridized carbons (Fsp3) is 0.400. The van der Waals surface area contributed by atoms with E-state index in [4.69, 9.17) is 10.3 Å². The van der Waals surface area contributed by atoms with Gasteiger partial charge in [0, 0.05) is 12.5 Å². The van der Waals surface area contributed by atoms with Gasteiger partial charge in [0.1, 0.15) is 18.0 Å². The summed E-state index contributed by atoms with van der Waals surface area (Å²) >= 11 is 0. The first-order chi connectivity index (χ1) is 8.20. The number of nitrogens with zero attached hydrogens (tertiary/aromatic N) is 4. The summed E-state index contributed by atoms with van der Waals surface area (Å²) in [6, 6.07) is 0. The number of hydrogen-bond acceptors (Lipinski definition) is 7. The van der Waals surface area contributed by atoms with E-state index in [0.29, 0.717) is 29.9 Å². The molecule has 2 heterocycles. The van der Waals surface area contributed by atoms with E-state index in [2.05, 4.69) is 25.4 Å². The van der Waals surface area contributed by atoms with Crippen molar-refractivity contribution in [1.29, 1.82) is 0 Å². The van der Waals surface area contributed by atoms with Crippen molar-refractivity contribution in [3.05, 3.63) is 23.6 Å². The van der Waals surface area contributed by atoms with Gasteiger partial charge in [-0.05, 0) is 6.42 Å². The molecule has 2 aromatic heterocycles. The van der Waals surface area contributed by atoms with Gasteiger partial charge in [-0.15, -0.1) is 0 Å². The number of anilines is 2. The molecule has 0 spiro atoms. The molecule has 0 amide bonds. The molecule has 0 saturated heterocycles. The van der Waals surface area contributed by atoms with Crippen LogP contribution in [0.5, 0.6) is 0 Å². The van der Waals surface area contributed by atoms with Crippen molar-refractivity contribution >= 4 is 11.6 Å². The lowest BCUT2D eigenvalue weighted by Crippen LogP contribution is -2.08. The molecule has 7 nitrogen and oxygen atoms in total. The van der Waals surface area contributed by atoms with Crippen LogP contribution in [-0.4, -0.2) is 20.1 Å². The predicted octanol–water partition coefficient (Wildman–Crippen LogP) is 0.925. The van der Waals surface area contributed by atoms with Crippen LogP contribution < -0.4 is 11.1 Å². The van der Waals surface area contributed by atoms with E-state index in [1.54, 1.807) is 6.92 Å². The summed E-state index contributed by atoms with van der Waals surface area (Å²) in [7, 11) is 0. The number of aromatic nitrogens is 4. The summed E-state index contributed by atoms with van der Waals surface area (Å²) in [6.07, 6.45) is 2.19. The van der Waals surface area contributed by atoms with Crippen molar-refractivity contribution in [2.24, 2.45) is 0 Å². The van der Waals surface area contributed by atoms with E-state index in [-0.39, 0.29) is 0 Å². The number of hydrogen-bond donors (Lipinski definition) is 2. The average molecular weight is 234 g/mol. The largest absolute Gasteiger partial charge is 0.383 e. The van der Waals surface area contributed by atoms with E-state index in [1.165, 1.54) is 6.33 Å². The monoisotopic (exact) mass is 234 g/mol. The van der Waals surface area contributed by atoms with Crippen LogP contribution in [0.4, 0.5) is 11.6 Å². The molecule has 3 N–H and O–H groups in total. The maximum atomic E-state index is 5.76. The molecular formula is C10H14N6O. The minimum Gasteiger partial charge on any atom is -0.383 e. The normalized spacial score (nSPS) is 10.5. The Bertz CT molecular complexity index is 509. The Morgan fingerprint density at radius 2 is 2.24 bits per heavy atom. The van der Waals surface area contributed by atoms with Crippen molar-refractivity contribution in [3.8, 4) is 0 Å². The first-order valence-corrected chi connectivity index (χ1v) is 5.33. The molecule has 0 bridgehead atoms. The topological polar surface area (TPSA) is 103 Å². The molecule has 2 rings (SSSR count). The standard InChI is InChI=1S/C10H14N6O/c1-3-7-9(11)13-5-14-10(7)12-4-8-15-6(2)17-16-8/h5H,3-4H2,1-2H3,(H3,11,12,13,14). The average Bonchev–Trinajstić information content (AvgIpc) is 2.72. The molecule has 0 atom stereocenters. The smallest absolute Gasteiger partial charge is 0.223 e. The molecule has 0 radical (unpaired) electrons. The molecule has 0 saturated carbocycles. The number of aryl methyl sites for hydroxylation is 1. The van der Waals surface area contributed by atoms with E-state index in [9.17, 15) is 0 Å². The summed E-state index contributed by atoms with van der Waals surface area (Å²) in [4.78, 5) is 12.2. The zero-order valence-corrected chi connectivity index (χ0v) is 9.77. The van der Waals surface area contributed by atoms with Crippen molar-refractivity contribution in [2.45, 2.75) is 26.8 Å². The maximum absolute atomic E-state index is 5.76. The van der Waals surface area contributed by atoms with Crippen LogP contribution in [-0.2, 0) is 13.0 Å². The summed E-state index contributed by atoms with van der Waals surface area (Å²) < 4.78 is 4.87. The van der Waals surface area contributed by atoms with Gasteiger partial charge in [0.25, 0.3) is 0 Å². The van der Waals surface area contributed by atoms with Gasteiger partial charge in [-0.2, -0.15) is 4.98 Å². The van der Waals surface area contributed by atoms with Gasteiger partial charge < -0.3 is 15.6 Å². The Kier molecular flexibility index (Phi) is 3.17. The lowest BCUT2D eigenvalue weighted by atomic mass is 10.2. The number of nitrogens with one attached hydrogen (secondary N) is 1. The number of nitrogen functional groups attached to an aromatic ring is 1. The van der Waals surface area contributed by atoms with E-state index in [1.807, 2.05) is 6.92 Å². The fourth-order valence-electron chi connectivity index (χ4n) is 1.50. The second-order valence-electron chi connectivity index (χ2n) is 3.52. The third-order valence-corrected chi connectivity index (χ3v) is 2.32. The zero-order valence-electron chi connectivity index (χ0n) is 9.77. The number of rotatable bonds is 4. The molecule has 0 aliphatic rings. The fourth-order valence-corrected chi connectivity index (χ4v) is 1.50. The minimum atomic E-state index is 0.445. The van der Waals surface area contributed by atoms with Crippen molar-refractivity contribution in [3.63, 3.8) is 0 Å². The minimum absolute atomic E-state index is 0.445. The van der Waals surface area contributed by atoms with Crippen molar-refractivity contribution < 1.29 is 4.52 Å². The van der Waals surface area contributed by atoms with Crippen LogP contribution in [0.1, 0.15) is 24.2 Å². The number of nitrogens with two attached hydrogens (primary N) is 1. The summed E-state index contributed by atoms with van der Waals surface area (Å²) in [6.45, 7) is 4.19. The molecule has 0 unspecified atom stereocenters. The van der Waals surface area contributed by atoms with Crippen LogP contribution in [0.2, 0.25) is 0 Å². The van der Waals surface area contributed by atoms with Gasteiger partial charge in [-0.25, -0.2) is 9.97 Å². The summed E-state index contributed by atoms with van der Waals surface area (Å²) in [5.41, 5.74) is 6.66. The van der Waals surface area contributed by atoms with Crippen LogP contribution in [0.3, 0.4) is 0 Å². The Hall–Kier alpha value is -2.18. The Balaban J connectivity index is 2.11. The molecule has 0 aliphatic heterocycles. The molecule has 17 heavy (non-hydrogen) atoms. The zero-order chi connectivity index (χ0) is 12.3. The highest BCUT2D eigenvalue weighted by atomic mass is 16.5. The highest BCUT2D eigenvalue weighted by Gasteiger charge is 2.08. The lowest BCUT2D eigenvalue weighted by molar-refractivity contribution is 0.388. The molecular weight excluding hydrogens is 220 g/mol. The maximum Gasteiger partial charge on any atom is 0.223 e. The van der Waals surface area contributed by atoms with Crippen LogP contribution in [0.25, 0.3) is 0 Å². The third kappa shape index (κ3) is 2.49. The van der Waals surface area contributed by atoms with Gasteiger partial charge in [0.2, 0.25) is 5.89 Å². The Morgan fingerprint density at radius 1 is 1.41 bits per heavy atom. The van der Waals surface area contributed by atoms with Crippen molar-refractivity contribution in [1.82, 2.24) is 20.1 Å². The van der Waals surface area contributed by atoms with Crippen molar-refractivity contribution in [2.75, 3.05) is 11.1 Å².